The Balaban J connectivity index is 2.15. The van der Waals surface area contributed by atoms with Crippen molar-refractivity contribution in [1.29, 1.82) is 0 Å². The van der Waals surface area contributed by atoms with Crippen LogP contribution in [0.25, 0.3) is 21.7 Å². The zero-order valence-corrected chi connectivity index (χ0v) is 12.3. The van der Waals surface area contributed by atoms with Crippen molar-refractivity contribution < 1.29 is 0 Å². The maximum absolute atomic E-state index is 5.93. The van der Waals surface area contributed by atoms with E-state index in [9.17, 15) is 0 Å². The van der Waals surface area contributed by atoms with Gasteiger partial charge in [0.2, 0.25) is 0 Å². The third-order valence-corrected chi connectivity index (χ3v) is 4.30. The van der Waals surface area contributed by atoms with Gasteiger partial charge in [0.1, 0.15) is 4.34 Å². The molecule has 0 saturated heterocycles. The van der Waals surface area contributed by atoms with Crippen LogP contribution in [0.15, 0.2) is 58.9 Å². The first-order valence-electron chi connectivity index (χ1n) is 5.75. The van der Waals surface area contributed by atoms with Crippen molar-refractivity contribution in [3.8, 4) is 21.7 Å². The van der Waals surface area contributed by atoms with E-state index in [0.29, 0.717) is 0 Å². The zero-order chi connectivity index (χ0) is 13.2. The molecule has 4 heteroatoms. The summed E-state index contributed by atoms with van der Waals surface area (Å²) in [6.07, 6.45) is 0. The Morgan fingerprint density at radius 1 is 0.895 bits per heavy atom. The third kappa shape index (κ3) is 2.68. The highest BCUT2D eigenvalue weighted by molar-refractivity contribution is 7.82. The predicted molar refractivity (Wildman–Crippen MR) is 85.2 cm³/mol. The third-order valence-electron chi connectivity index (χ3n) is 2.77. The lowest BCUT2D eigenvalue weighted by Crippen LogP contribution is -1.81. The van der Waals surface area contributed by atoms with Crippen LogP contribution >= 0.6 is 35.6 Å². The molecule has 0 unspecified atom stereocenters. The van der Waals surface area contributed by atoms with Crippen LogP contribution in [0.4, 0.5) is 0 Å². The van der Waals surface area contributed by atoms with E-state index < -0.39 is 0 Å². The van der Waals surface area contributed by atoms with Crippen LogP contribution in [0.3, 0.4) is 0 Å². The minimum atomic E-state index is 0.737. The average molecular weight is 304 g/mol. The lowest BCUT2D eigenvalue weighted by molar-refractivity contribution is 1.26. The molecule has 19 heavy (non-hydrogen) atoms. The van der Waals surface area contributed by atoms with E-state index >= 15 is 0 Å². The lowest BCUT2D eigenvalue weighted by atomic mass is 10.1. The Morgan fingerprint density at radius 2 is 1.58 bits per heavy atom. The van der Waals surface area contributed by atoms with E-state index in [1.165, 1.54) is 0 Å². The quantitative estimate of drug-likeness (QED) is 0.624. The molecule has 0 amide bonds. The molecular weight excluding hydrogens is 294 g/mol. The van der Waals surface area contributed by atoms with Gasteiger partial charge >= 0.3 is 0 Å². The topological polar surface area (TPSA) is 12.9 Å². The van der Waals surface area contributed by atoms with Crippen molar-refractivity contribution >= 4 is 35.6 Å². The highest BCUT2D eigenvalue weighted by atomic mass is 35.5. The molecule has 1 nitrogen and oxygen atoms in total. The van der Waals surface area contributed by atoms with Crippen molar-refractivity contribution in [1.82, 2.24) is 4.98 Å². The number of thiazole rings is 1. The summed E-state index contributed by atoms with van der Waals surface area (Å²) >= 11 is 11.9. The lowest BCUT2D eigenvalue weighted by Gasteiger charge is -2.02. The summed E-state index contributed by atoms with van der Waals surface area (Å²) in [6, 6.07) is 17.9. The molecule has 0 saturated carbocycles. The first kappa shape index (κ1) is 12.7. The summed E-state index contributed by atoms with van der Waals surface area (Å²) in [5.41, 5.74) is 3.18. The summed E-state index contributed by atoms with van der Waals surface area (Å²) in [4.78, 5) is 5.65. The maximum Gasteiger partial charge on any atom is 0.148 e. The fourth-order valence-corrected chi connectivity index (χ4v) is 3.23. The summed E-state index contributed by atoms with van der Waals surface area (Å²) in [5, 5.41) is 0.737. The number of thiol groups is 1. The molecule has 1 aromatic heterocycles. The van der Waals surface area contributed by atoms with E-state index in [4.69, 9.17) is 11.6 Å². The summed E-state index contributed by atoms with van der Waals surface area (Å²) in [5.74, 6) is 0. The molecule has 0 aliphatic heterocycles. The molecule has 0 bridgehead atoms. The SMILES string of the molecule is Sc1nc(-c2ccccc2)c(-c2ccc(Cl)cc2)s1. The van der Waals surface area contributed by atoms with Crippen molar-refractivity contribution in [2.75, 3.05) is 0 Å². The zero-order valence-electron chi connectivity index (χ0n) is 9.88. The molecule has 0 N–H and O–H groups in total. The van der Waals surface area contributed by atoms with Gasteiger partial charge in [0.15, 0.2) is 0 Å². The Hall–Kier alpha value is -1.29. The van der Waals surface area contributed by atoms with Gasteiger partial charge in [0, 0.05) is 10.6 Å². The van der Waals surface area contributed by atoms with Gasteiger partial charge in [-0.05, 0) is 17.7 Å². The molecule has 2 aromatic carbocycles. The summed E-state index contributed by atoms with van der Waals surface area (Å²) in [7, 11) is 0. The number of benzene rings is 2. The first-order chi connectivity index (χ1) is 9.24. The second-order valence-corrected chi connectivity index (χ2v) is 6.21. The van der Waals surface area contributed by atoms with Gasteiger partial charge in [-0.3, -0.25) is 0 Å². The number of hydrogen-bond donors (Lipinski definition) is 1. The number of aromatic nitrogens is 1. The predicted octanol–water partition coefficient (Wildman–Crippen LogP) is 5.42. The number of halogens is 1. The molecule has 3 rings (SSSR count). The molecule has 0 aliphatic carbocycles. The molecule has 0 spiro atoms. The minimum absolute atomic E-state index is 0.737. The number of hydrogen-bond acceptors (Lipinski definition) is 3. The molecule has 0 fully saturated rings. The average Bonchev–Trinajstić information content (AvgIpc) is 2.83. The fraction of sp³-hybridized carbons (Fsp3) is 0. The van der Waals surface area contributed by atoms with Gasteiger partial charge in [0.05, 0.1) is 10.6 Å². The van der Waals surface area contributed by atoms with Gasteiger partial charge in [-0.15, -0.1) is 24.0 Å². The number of nitrogens with zero attached hydrogens (tertiary/aromatic N) is 1. The minimum Gasteiger partial charge on any atom is -0.229 e. The van der Waals surface area contributed by atoms with Crippen LogP contribution in [-0.2, 0) is 0 Å². The van der Waals surface area contributed by atoms with E-state index in [-0.39, 0.29) is 0 Å². The standard InChI is InChI=1S/C15H10ClNS2/c16-12-8-6-11(7-9-12)14-13(17-15(18)19-14)10-4-2-1-3-5-10/h1-9H,(H,17,18). The second kappa shape index (κ2) is 5.37. The van der Waals surface area contributed by atoms with Gasteiger partial charge < -0.3 is 0 Å². The van der Waals surface area contributed by atoms with Crippen LogP contribution < -0.4 is 0 Å². The monoisotopic (exact) mass is 303 g/mol. The van der Waals surface area contributed by atoms with E-state index in [0.717, 1.165) is 31.1 Å². The van der Waals surface area contributed by atoms with E-state index in [1.54, 1.807) is 11.3 Å². The Kier molecular flexibility index (Phi) is 3.60. The molecule has 94 valence electrons. The molecular formula is C15H10ClNS2. The highest BCUT2D eigenvalue weighted by Gasteiger charge is 2.13. The van der Waals surface area contributed by atoms with Crippen LogP contribution in [0.2, 0.25) is 5.02 Å². The van der Waals surface area contributed by atoms with Gasteiger partial charge in [-0.1, -0.05) is 54.1 Å². The molecule has 0 radical (unpaired) electrons. The normalized spacial score (nSPS) is 10.6. The second-order valence-electron chi connectivity index (χ2n) is 4.05. The van der Waals surface area contributed by atoms with Gasteiger partial charge in [0.25, 0.3) is 0 Å². The van der Waals surface area contributed by atoms with Gasteiger partial charge in [-0.25, -0.2) is 4.98 Å². The first-order valence-corrected chi connectivity index (χ1v) is 7.39. The van der Waals surface area contributed by atoms with Crippen LogP contribution in [0.5, 0.6) is 0 Å². The summed E-state index contributed by atoms with van der Waals surface area (Å²) < 4.78 is 0.767. The smallest absolute Gasteiger partial charge is 0.148 e. The summed E-state index contributed by atoms with van der Waals surface area (Å²) in [6.45, 7) is 0. The number of rotatable bonds is 2. The highest BCUT2D eigenvalue weighted by Crippen LogP contribution is 2.38. The molecule has 0 aliphatic rings. The van der Waals surface area contributed by atoms with Crippen LogP contribution in [0, 0.1) is 0 Å². The van der Waals surface area contributed by atoms with Crippen molar-refractivity contribution in [2.24, 2.45) is 0 Å². The fourth-order valence-electron chi connectivity index (χ4n) is 1.90. The Bertz CT molecular complexity index is 690. The Labute approximate surface area is 126 Å². The largest absolute Gasteiger partial charge is 0.229 e. The van der Waals surface area contributed by atoms with Crippen molar-refractivity contribution in [2.45, 2.75) is 4.34 Å². The van der Waals surface area contributed by atoms with E-state index in [2.05, 4.69) is 29.7 Å². The Morgan fingerprint density at radius 3 is 2.26 bits per heavy atom. The molecule has 3 aromatic rings. The molecule has 0 atom stereocenters. The van der Waals surface area contributed by atoms with Gasteiger partial charge in [-0.2, -0.15) is 0 Å². The van der Waals surface area contributed by atoms with E-state index in [1.807, 2.05) is 42.5 Å². The van der Waals surface area contributed by atoms with Crippen LogP contribution in [-0.4, -0.2) is 4.98 Å². The molecule has 1 heterocycles. The van der Waals surface area contributed by atoms with Crippen molar-refractivity contribution in [3.63, 3.8) is 0 Å². The maximum atomic E-state index is 5.93. The van der Waals surface area contributed by atoms with Crippen molar-refractivity contribution in [3.05, 3.63) is 59.6 Å². The van der Waals surface area contributed by atoms with Crippen LogP contribution in [0.1, 0.15) is 0 Å².